The maximum Gasteiger partial charge on any atom is 0.153 e. The van der Waals surface area contributed by atoms with Crippen LogP contribution in [0.5, 0.6) is 0 Å². The maximum absolute atomic E-state index is 11.4. The number of pyridine rings is 1. The Hall–Kier alpha value is -1.14. The minimum Gasteiger partial charge on any atom is -0.368 e. The highest BCUT2D eigenvalue weighted by Gasteiger charge is 2.23. The summed E-state index contributed by atoms with van der Waals surface area (Å²) < 4.78 is 22.8. The zero-order valence-corrected chi connectivity index (χ0v) is 10.7. The van der Waals surface area contributed by atoms with Gasteiger partial charge in [-0.15, -0.1) is 0 Å². The first-order chi connectivity index (χ1) is 8.12. The van der Waals surface area contributed by atoms with Crippen LogP contribution < -0.4 is 10.2 Å². The molecule has 2 heterocycles. The molecule has 0 aliphatic carbocycles. The van der Waals surface area contributed by atoms with Gasteiger partial charge < -0.3 is 10.2 Å². The van der Waals surface area contributed by atoms with Gasteiger partial charge in [0.2, 0.25) is 0 Å². The van der Waals surface area contributed by atoms with Crippen LogP contribution in [0.3, 0.4) is 0 Å². The predicted molar refractivity (Wildman–Crippen MR) is 67.9 cm³/mol. The summed E-state index contributed by atoms with van der Waals surface area (Å²) in [4.78, 5) is 6.22. The number of nitrogens with one attached hydrogen (secondary N) is 1. The van der Waals surface area contributed by atoms with Gasteiger partial charge in [0.1, 0.15) is 0 Å². The van der Waals surface area contributed by atoms with E-state index in [1.54, 1.807) is 6.20 Å². The van der Waals surface area contributed by atoms with Crippen LogP contribution in [0.4, 0.5) is 5.69 Å². The van der Waals surface area contributed by atoms with Crippen LogP contribution in [-0.4, -0.2) is 45.0 Å². The molecule has 1 aliphatic heterocycles. The summed E-state index contributed by atoms with van der Waals surface area (Å²) in [7, 11) is -0.933. The fourth-order valence-electron chi connectivity index (χ4n) is 1.99. The lowest BCUT2D eigenvalue weighted by molar-refractivity contribution is 0.586. The molecule has 1 fully saturated rings. The van der Waals surface area contributed by atoms with Gasteiger partial charge in [0.25, 0.3) is 0 Å². The van der Waals surface area contributed by atoms with Gasteiger partial charge in [-0.2, -0.15) is 0 Å². The molecule has 0 spiro atoms. The molecule has 0 aromatic carbocycles. The maximum atomic E-state index is 11.4. The minimum absolute atomic E-state index is 0.237. The van der Waals surface area contributed by atoms with Crippen molar-refractivity contribution in [3.63, 3.8) is 0 Å². The Kier molecular flexibility index (Phi) is 3.63. The van der Waals surface area contributed by atoms with Crippen molar-refractivity contribution in [2.24, 2.45) is 0 Å². The molecule has 0 unspecified atom stereocenters. The van der Waals surface area contributed by atoms with Crippen molar-refractivity contribution >= 4 is 15.5 Å². The molecule has 0 radical (unpaired) electrons. The summed E-state index contributed by atoms with van der Waals surface area (Å²) in [5, 5.41) is 3.11. The van der Waals surface area contributed by atoms with E-state index in [1.165, 1.54) is 0 Å². The van der Waals surface area contributed by atoms with Gasteiger partial charge in [0.05, 0.1) is 23.4 Å². The minimum atomic E-state index is -2.83. The van der Waals surface area contributed by atoms with Crippen LogP contribution in [0, 0.1) is 0 Å². The second kappa shape index (κ2) is 5.01. The van der Waals surface area contributed by atoms with Crippen molar-refractivity contribution in [1.29, 1.82) is 0 Å². The molecule has 5 nitrogen and oxygen atoms in total. The van der Waals surface area contributed by atoms with E-state index in [0.29, 0.717) is 13.1 Å². The Bertz CT molecular complexity index is 473. The van der Waals surface area contributed by atoms with E-state index in [2.05, 4.69) is 15.2 Å². The lowest BCUT2D eigenvalue weighted by Gasteiger charge is -2.30. The van der Waals surface area contributed by atoms with Crippen LogP contribution in [0.2, 0.25) is 0 Å². The van der Waals surface area contributed by atoms with Gasteiger partial charge in [0, 0.05) is 25.8 Å². The molecule has 17 heavy (non-hydrogen) atoms. The Morgan fingerprint density at radius 1 is 1.41 bits per heavy atom. The van der Waals surface area contributed by atoms with Gasteiger partial charge in [-0.3, -0.25) is 4.98 Å². The second-order valence-electron chi connectivity index (χ2n) is 4.17. The third-order valence-corrected chi connectivity index (χ3v) is 4.55. The van der Waals surface area contributed by atoms with Crippen molar-refractivity contribution in [3.05, 3.63) is 24.0 Å². The highest BCUT2D eigenvalue weighted by atomic mass is 32.2. The summed E-state index contributed by atoms with van der Waals surface area (Å²) in [6.07, 6.45) is 3.57. The van der Waals surface area contributed by atoms with Crippen LogP contribution in [-0.2, 0) is 16.4 Å². The third kappa shape index (κ3) is 2.95. The zero-order chi connectivity index (χ0) is 12.3. The summed E-state index contributed by atoms with van der Waals surface area (Å²) in [5.74, 6) is 0.474. The molecule has 94 valence electrons. The number of hydrogen-bond donors (Lipinski definition) is 1. The van der Waals surface area contributed by atoms with E-state index in [9.17, 15) is 8.42 Å². The number of hydrogen-bond acceptors (Lipinski definition) is 5. The molecular formula is C11H17N3O2S. The van der Waals surface area contributed by atoms with E-state index in [1.807, 2.05) is 19.3 Å². The van der Waals surface area contributed by atoms with Gasteiger partial charge in [-0.1, -0.05) is 0 Å². The van der Waals surface area contributed by atoms with E-state index >= 15 is 0 Å². The highest BCUT2D eigenvalue weighted by molar-refractivity contribution is 7.91. The van der Waals surface area contributed by atoms with Crippen molar-refractivity contribution in [2.45, 2.75) is 6.54 Å². The van der Waals surface area contributed by atoms with Gasteiger partial charge in [-0.05, 0) is 18.7 Å². The molecule has 1 aromatic rings. The van der Waals surface area contributed by atoms with Crippen LogP contribution >= 0.6 is 0 Å². The van der Waals surface area contributed by atoms with Gasteiger partial charge in [-0.25, -0.2) is 8.42 Å². The first kappa shape index (κ1) is 12.3. The Morgan fingerprint density at radius 3 is 2.76 bits per heavy atom. The fourth-order valence-corrected chi connectivity index (χ4v) is 3.19. The molecule has 1 saturated heterocycles. The van der Waals surface area contributed by atoms with E-state index in [-0.39, 0.29) is 11.5 Å². The molecule has 0 bridgehead atoms. The van der Waals surface area contributed by atoms with Crippen LogP contribution in [0.1, 0.15) is 5.56 Å². The summed E-state index contributed by atoms with van der Waals surface area (Å²) in [6.45, 7) is 1.89. The van der Waals surface area contributed by atoms with Crippen LogP contribution in [0.15, 0.2) is 18.5 Å². The molecule has 0 atom stereocenters. The molecule has 0 saturated carbocycles. The topological polar surface area (TPSA) is 62.3 Å². The summed E-state index contributed by atoms with van der Waals surface area (Å²) in [6, 6.07) is 1.97. The predicted octanol–water partition coefficient (Wildman–Crippen LogP) is 0.0358. The van der Waals surface area contributed by atoms with E-state index in [4.69, 9.17) is 0 Å². The number of rotatable bonds is 3. The largest absolute Gasteiger partial charge is 0.368 e. The first-order valence-electron chi connectivity index (χ1n) is 5.65. The molecule has 0 amide bonds. The normalized spacial score (nSPS) is 19.2. The molecular weight excluding hydrogens is 238 g/mol. The smallest absolute Gasteiger partial charge is 0.153 e. The Labute approximate surface area is 102 Å². The SMILES string of the molecule is CNCc1ccncc1N1CCS(=O)(=O)CC1. The first-order valence-corrected chi connectivity index (χ1v) is 7.47. The standard InChI is InChI=1S/C11H17N3O2S/c1-12-8-10-2-3-13-9-11(10)14-4-6-17(15,16)7-5-14/h2-3,9,12H,4-8H2,1H3. The average molecular weight is 255 g/mol. The van der Waals surface area contributed by atoms with Gasteiger partial charge >= 0.3 is 0 Å². The highest BCUT2D eigenvalue weighted by Crippen LogP contribution is 2.21. The number of aromatic nitrogens is 1. The number of anilines is 1. The lowest BCUT2D eigenvalue weighted by Crippen LogP contribution is -2.40. The third-order valence-electron chi connectivity index (χ3n) is 2.94. The van der Waals surface area contributed by atoms with Crippen LogP contribution in [0.25, 0.3) is 0 Å². The van der Waals surface area contributed by atoms with E-state index in [0.717, 1.165) is 17.8 Å². The van der Waals surface area contributed by atoms with Crippen molar-refractivity contribution in [1.82, 2.24) is 10.3 Å². The number of sulfone groups is 1. The Morgan fingerprint density at radius 2 is 2.12 bits per heavy atom. The fraction of sp³-hybridized carbons (Fsp3) is 0.545. The molecule has 2 rings (SSSR count). The number of nitrogens with zero attached hydrogens (tertiary/aromatic N) is 2. The second-order valence-corrected chi connectivity index (χ2v) is 6.48. The molecule has 1 N–H and O–H groups in total. The Balaban J connectivity index is 2.18. The average Bonchev–Trinajstić information content (AvgIpc) is 2.31. The van der Waals surface area contributed by atoms with Crippen molar-refractivity contribution in [2.75, 3.05) is 36.5 Å². The quantitative estimate of drug-likeness (QED) is 0.826. The summed E-state index contributed by atoms with van der Waals surface area (Å²) >= 11 is 0. The van der Waals surface area contributed by atoms with E-state index < -0.39 is 9.84 Å². The van der Waals surface area contributed by atoms with Crippen molar-refractivity contribution < 1.29 is 8.42 Å². The van der Waals surface area contributed by atoms with Crippen molar-refractivity contribution in [3.8, 4) is 0 Å². The lowest BCUT2D eigenvalue weighted by atomic mass is 10.2. The molecule has 1 aromatic heterocycles. The monoisotopic (exact) mass is 255 g/mol. The summed E-state index contributed by atoms with van der Waals surface area (Å²) in [5.41, 5.74) is 2.19. The van der Waals surface area contributed by atoms with Gasteiger partial charge in [0.15, 0.2) is 9.84 Å². The zero-order valence-electron chi connectivity index (χ0n) is 9.89. The molecule has 6 heteroatoms. The molecule has 1 aliphatic rings.